The largest absolute Gasteiger partial charge is 0.446 e. The van der Waals surface area contributed by atoms with Crippen LogP contribution in [0.4, 0.5) is 19.4 Å². The Morgan fingerprint density at radius 2 is 1.84 bits per heavy atom. The molecule has 0 spiro atoms. The molecule has 1 aromatic heterocycles. The number of halogens is 2. The van der Waals surface area contributed by atoms with Gasteiger partial charge in [0.2, 0.25) is 6.43 Å². The minimum absolute atomic E-state index is 0.249. The maximum Gasteiger partial charge on any atom is 0.413 e. The Hall–Kier alpha value is -1.66. The lowest BCUT2D eigenvalue weighted by atomic mass is 9.74. The highest BCUT2D eigenvalue weighted by atomic mass is 19.3. The molecule has 4 rings (SSSR count). The predicted octanol–water partition coefficient (Wildman–Crippen LogP) is 4.55. The summed E-state index contributed by atoms with van der Waals surface area (Å²) in [6.45, 7) is 0. The van der Waals surface area contributed by atoms with E-state index in [1.807, 2.05) is 7.05 Å². The summed E-state index contributed by atoms with van der Waals surface area (Å²) in [5.41, 5.74) is 2.31. The van der Waals surface area contributed by atoms with Crippen LogP contribution in [0, 0.1) is 5.92 Å². The lowest BCUT2D eigenvalue weighted by Crippen LogP contribution is -2.38. The van der Waals surface area contributed by atoms with E-state index in [1.54, 1.807) is 4.68 Å². The van der Waals surface area contributed by atoms with Crippen LogP contribution in [-0.4, -0.2) is 28.4 Å². The molecule has 0 aliphatic heterocycles. The van der Waals surface area contributed by atoms with Gasteiger partial charge in [0.25, 0.3) is 0 Å². The van der Waals surface area contributed by atoms with E-state index < -0.39 is 24.5 Å². The van der Waals surface area contributed by atoms with Crippen molar-refractivity contribution in [1.82, 2.24) is 9.78 Å². The van der Waals surface area contributed by atoms with Crippen molar-refractivity contribution in [3.8, 4) is 0 Å². The van der Waals surface area contributed by atoms with Crippen molar-refractivity contribution in [2.24, 2.45) is 13.0 Å². The minimum atomic E-state index is -2.32. The molecular weight excluding hydrogens is 328 g/mol. The molecular formula is C18H25F2N3O2. The Morgan fingerprint density at radius 1 is 1.20 bits per heavy atom. The number of aryl methyl sites for hydroxylation is 1. The maximum atomic E-state index is 12.5. The van der Waals surface area contributed by atoms with E-state index in [9.17, 15) is 13.6 Å². The van der Waals surface area contributed by atoms with Crippen LogP contribution in [-0.2, 0) is 11.8 Å². The number of aromatic nitrogens is 2. The normalized spacial score (nSPS) is 26.7. The van der Waals surface area contributed by atoms with Gasteiger partial charge in [0, 0.05) is 24.4 Å². The van der Waals surface area contributed by atoms with Gasteiger partial charge in [-0.25, -0.2) is 13.6 Å². The molecule has 0 saturated heterocycles. The first-order valence-electron chi connectivity index (χ1n) is 9.35. The number of rotatable bonds is 5. The molecule has 0 radical (unpaired) electrons. The predicted molar refractivity (Wildman–Crippen MR) is 89.0 cm³/mol. The summed E-state index contributed by atoms with van der Waals surface area (Å²) in [5, 5.41) is 7.53. The van der Waals surface area contributed by atoms with Gasteiger partial charge < -0.3 is 4.74 Å². The van der Waals surface area contributed by atoms with Gasteiger partial charge in [-0.1, -0.05) is 12.8 Å². The zero-order valence-corrected chi connectivity index (χ0v) is 14.5. The molecule has 3 fully saturated rings. The Labute approximate surface area is 146 Å². The number of ether oxygens (including phenoxy) is 1. The van der Waals surface area contributed by atoms with E-state index in [1.165, 1.54) is 18.4 Å². The molecule has 1 heterocycles. The van der Waals surface area contributed by atoms with Gasteiger partial charge in [0.15, 0.2) is 0 Å². The van der Waals surface area contributed by atoms with Crippen molar-refractivity contribution in [3.05, 3.63) is 11.3 Å². The van der Waals surface area contributed by atoms with Gasteiger partial charge in [-0.3, -0.25) is 10.00 Å². The second-order valence-electron chi connectivity index (χ2n) is 7.75. The van der Waals surface area contributed by atoms with Crippen LogP contribution in [0.1, 0.15) is 74.5 Å². The van der Waals surface area contributed by atoms with Crippen molar-refractivity contribution >= 4 is 11.9 Å². The van der Waals surface area contributed by atoms with Gasteiger partial charge in [-0.15, -0.1) is 0 Å². The third-order valence-corrected chi connectivity index (χ3v) is 6.10. The summed E-state index contributed by atoms with van der Waals surface area (Å²) in [4.78, 5) is 12.2. The second kappa shape index (κ2) is 6.57. The Kier molecular flexibility index (Phi) is 4.41. The van der Waals surface area contributed by atoms with Crippen molar-refractivity contribution < 1.29 is 18.3 Å². The van der Waals surface area contributed by atoms with Crippen molar-refractivity contribution in [3.63, 3.8) is 0 Å². The van der Waals surface area contributed by atoms with E-state index in [2.05, 4.69) is 10.4 Å². The van der Waals surface area contributed by atoms with Gasteiger partial charge in [-0.05, 0) is 44.4 Å². The zero-order chi connectivity index (χ0) is 17.6. The first kappa shape index (κ1) is 16.8. The summed E-state index contributed by atoms with van der Waals surface area (Å²) in [6.07, 6.45) is 4.27. The highest BCUT2D eigenvalue weighted by Gasteiger charge is 2.39. The van der Waals surface area contributed by atoms with Gasteiger partial charge >= 0.3 is 6.09 Å². The van der Waals surface area contributed by atoms with E-state index in [0.717, 1.165) is 37.2 Å². The lowest BCUT2D eigenvalue weighted by Gasteiger charge is -2.34. The number of hydrogen-bond donors (Lipinski definition) is 1. The minimum Gasteiger partial charge on any atom is -0.446 e. The van der Waals surface area contributed by atoms with Crippen LogP contribution in [0.15, 0.2) is 0 Å². The van der Waals surface area contributed by atoms with Crippen molar-refractivity contribution in [2.75, 3.05) is 5.32 Å². The molecule has 3 saturated carbocycles. The molecule has 0 unspecified atom stereocenters. The number of alkyl halides is 2. The fraction of sp³-hybridized carbons (Fsp3) is 0.778. The van der Waals surface area contributed by atoms with E-state index >= 15 is 0 Å². The van der Waals surface area contributed by atoms with E-state index in [0.29, 0.717) is 11.8 Å². The molecule has 0 aromatic carbocycles. The summed E-state index contributed by atoms with van der Waals surface area (Å²) >= 11 is 0. The fourth-order valence-corrected chi connectivity index (χ4v) is 3.98. The molecule has 0 atom stereocenters. The molecule has 3 aliphatic carbocycles. The van der Waals surface area contributed by atoms with Crippen LogP contribution in [0.3, 0.4) is 0 Å². The van der Waals surface area contributed by atoms with Crippen LogP contribution in [0.25, 0.3) is 0 Å². The number of carbonyl (C=O) groups excluding carboxylic acids is 1. The number of hydrogen-bond acceptors (Lipinski definition) is 3. The molecule has 1 aromatic rings. The summed E-state index contributed by atoms with van der Waals surface area (Å²) < 4.78 is 32.1. The highest BCUT2D eigenvalue weighted by molar-refractivity contribution is 5.85. The summed E-state index contributed by atoms with van der Waals surface area (Å²) in [6, 6.07) is 0. The van der Waals surface area contributed by atoms with Gasteiger partial charge in [0.1, 0.15) is 11.9 Å². The molecule has 7 heteroatoms. The number of nitrogens with one attached hydrogen (secondary N) is 1. The Bertz CT molecular complexity index is 647. The van der Waals surface area contributed by atoms with Crippen LogP contribution in [0.2, 0.25) is 0 Å². The van der Waals surface area contributed by atoms with Crippen molar-refractivity contribution in [2.45, 2.75) is 75.7 Å². The highest BCUT2D eigenvalue weighted by Crippen LogP contribution is 2.47. The smallest absolute Gasteiger partial charge is 0.413 e. The first-order chi connectivity index (χ1) is 12.0. The molecule has 5 nitrogen and oxygen atoms in total. The first-order valence-corrected chi connectivity index (χ1v) is 9.35. The average molecular weight is 353 g/mol. The average Bonchev–Trinajstić information content (AvgIpc) is 2.67. The van der Waals surface area contributed by atoms with Crippen LogP contribution >= 0.6 is 0 Å². The number of nitrogens with zero attached hydrogens (tertiary/aromatic N) is 2. The number of amides is 1. The van der Waals surface area contributed by atoms with Gasteiger partial charge in [0.05, 0.1) is 5.69 Å². The molecule has 0 bridgehead atoms. The summed E-state index contributed by atoms with van der Waals surface area (Å²) in [7, 11) is 1.84. The maximum absolute atomic E-state index is 12.5. The quantitative estimate of drug-likeness (QED) is 0.845. The van der Waals surface area contributed by atoms with Gasteiger partial charge in [-0.2, -0.15) is 5.10 Å². The third kappa shape index (κ3) is 3.13. The van der Waals surface area contributed by atoms with E-state index in [4.69, 9.17) is 4.74 Å². The molecule has 3 aliphatic rings. The fourth-order valence-electron chi connectivity index (χ4n) is 3.98. The molecule has 138 valence electrons. The second-order valence-corrected chi connectivity index (χ2v) is 7.75. The van der Waals surface area contributed by atoms with Crippen molar-refractivity contribution in [1.29, 1.82) is 0 Å². The molecule has 1 amide bonds. The topological polar surface area (TPSA) is 56.2 Å². The standard InChI is InChI=1S/C18H25F2N3O2/c1-23-17(21-18(24)25-13-8-12(9-13)16(19)20)14(10-4-2-5-10)15(22-23)11-6-3-7-11/h10-13,16H,2-9H2,1H3,(H,21,24)/t12-,13+. The molecule has 25 heavy (non-hydrogen) atoms. The number of carbonyl (C=O) groups is 1. The number of anilines is 1. The van der Waals surface area contributed by atoms with Crippen LogP contribution in [0.5, 0.6) is 0 Å². The molecule has 1 N–H and O–H groups in total. The Balaban J connectivity index is 1.44. The van der Waals surface area contributed by atoms with E-state index in [-0.39, 0.29) is 12.8 Å². The summed E-state index contributed by atoms with van der Waals surface area (Å²) in [5.74, 6) is 1.06. The van der Waals surface area contributed by atoms with Crippen LogP contribution < -0.4 is 5.32 Å². The lowest BCUT2D eigenvalue weighted by molar-refractivity contribution is -0.0478. The Morgan fingerprint density at radius 3 is 2.36 bits per heavy atom. The SMILES string of the molecule is Cn1nc(C2CCC2)c(C2CCC2)c1NC(=O)O[C@H]1C[C@@H](C(F)F)C1. The zero-order valence-electron chi connectivity index (χ0n) is 14.5. The monoisotopic (exact) mass is 353 g/mol. The third-order valence-electron chi connectivity index (χ3n) is 6.10.